The number of methoxy groups -OCH3 is 1. The van der Waals surface area contributed by atoms with Crippen molar-refractivity contribution < 1.29 is 9.53 Å². The van der Waals surface area contributed by atoms with Crippen molar-refractivity contribution in [1.29, 1.82) is 0 Å². The van der Waals surface area contributed by atoms with Gasteiger partial charge in [0.25, 0.3) is 0 Å². The Hall–Kier alpha value is -1.94. The van der Waals surface area contributed by atoms with Gasteiger partial charge in [0.05, 0.1) is 11.9 Å². The number of para-hydroxylation sites is 1. The number of Topliss-reactive ketones (excluding diaryl/α,β-unsaturated/α-hetero) is 1. The van der Waals surface area contributed by atoms with Crippen LogP contribution >= 0.6 is 0 Å². The Morgan fingerprint density at radius 3 is 2.52 bits per heavy atom. The van der Waals surface area contributed by atoms with Crippen LogP contribution in [0.4, 0.5) is 0 Å². The molecule has 0 N–H and O–H groups in total. The molecule has 1 aromatic heterocycles. The van der Waals surface area contributed by atoms with Crippen LogP contribution in [0.25, 0.3) is 5.69 Å². The summed E-state index contributed by atoms with van der Waals surface area (Å²) in [5.41, 5.74) is 0.822. The van der Waals surface area contributed by atoms with Gasteiger partial charge in [-0.05, 0) is 31.0 Å². The number of benzene rings is 1. The van der Waals surface area contributed by atoms with Crippen LogP contribution in [-0.4, -0.2) is 28.3 Å². The Labute approximate surface area is 124 Å². The van der Waals surface area contributed by atoms with E-state index >= 15 is 0 Å². The summed E-state index contributed by atoms with van der Waals surface area (Å²) in [4.78, 5) is 13.0. The summed E-state index contributed by atoms with van der Waals surface area (Å²) in [5.74, 6) is 0.0473. The lowest BCUT2D eigenvalue weighted by Crippen LogP contribution is -2.43. The molecule has 3 rings (SSSR count). The Balaban J connectivity index is 1.97. The van der Waals surface area contributed by atoms with Crippen molar-refractivity contribution in [2.45, 2.75) is 37.7 Å². The number of hydrogen-bond acceptors (Lipinski definition) is 3. The van der Waals surface area contributed by atoms with Gasteiger partial charge in [-0.2, -0.15) is 5.10 Å². The third-order valence-corrected chi connectivity index (χ3v) is 4.34. The van der Waals surface area contributed by atoms with Crippen molar-refractivity contribution in [3.8, 4) is 5.69 Å². The highest BCUT2D eigenvalue weighted by Crippen LogP contribution is 2.34. The normalized spacial score (nSPS) is 17.6. The second-order valence-corrected chi connectivity index (χ2v) is 5.55. The number of carbonyl (C=O) groups excluding carboxylic acids is 1. The maximum Gasteiger partial charge on any atom is 0.212 e. The van der Waals surface area contributed by atoms with Gasteiger partial charge in [0.15, 0.2) is 0 Å². The first-order valence-corrected chi connectivity index (χ1v) is 7.46. The fourth-order valence-electron chi connectivity index (χ4n) is 3.13. The molecule has 1 saturated carbocycles. The van der Waals surface area contributed by atoms with Gasteiger partial charge in [0.1, 0.15) is 11.3 Å². The highest BCUT2D eigenvalue weighted by Gasteiger charge is 2.41. The Bertz CT molecular complexity index is 613. The summed E-state index contributed by atoms with van der Waals surface area (Å²) in [6.45, 7) is 0. The molecular formula is C17H20N2O2. The topological polar surface area (TPSA) is 44.1 Å². The maximum absolute atomic E-state index is 13.0. The third-order valence-electron chi connectivity index (χ3n) is 4.34. The molecule has 0 radical (unpaired) electrons. The largest absolute Gasteiger partial charge is 0.370 e. The lowest BCUT2D eigenvalue weighted by Gasteiger charge is -2.34. The van der Waals surface area contributed by atoms with Crippen molar-refractivity contribution in [2.24, 2.45) is 0 Å². The number of hydrogen-bond donors (Lipinski definition) is 0. The van der Waals surface area contributed by atoms with E-state index in [9.17, 15) is 4.79 Å². The molecule has 1 heterocycles. The monoisotopic (exact) mass is 284 g/mol. The van der Waals surface area contributed by atoms with E-state index in [1.807, 2.05) is 30.3 Å². The molecule has 1 aliphatic rings. The molecular weight excluding hydrogens is 264 g/mol. The summed E-state index contributed by atoms with van der Waals surface area (Å²) in [6.07, 6.45) is 6.52. The average Bonchev–Trinajstić information content (AvgIpc) is 3.05. The lowest BCUT2D eigenvalue weighted by molar-refractivity contribution is -0.0199. The number of nitrogens with zero attached hydrogens (tertiary/aromatic N) is 2. The third kappa shape index (κ3) is 2.51. The van der Waals surface area contributed by atoms with Crippen LogP contribution in [0.15, 0.2) is 42.6 Å². The van der Waals surface area contributed by atoms with Crippen molar-refractivity contribution in [1.82, 2.24) is 9.78 Å². The smallest absolute Gasteiger partial charge is 0.212 e. The SMILES string of the molecule is COC1(C(=O)c2ccnn2-c2ccccc2)CCCCC1. The van der Waals surface area contributed by atoms with Gasteiger partial charge in [0, 0.05) is 7.11 Å². The molecule has 2 aromatic rings. The molecule has 1 aliphatic carbocycles. The Kier molecular flexibility index (Phi) is 3.88. The molecule has 0 bridgehead atoms. The lowest BCUT2D eigenvalue weighted by atomic mass is 9.80. The fraction of sp³-hybridized carbons (Fsp3) is 0.412. The average molecular weight is 284 g/mol. The molecule has 0 aliphatic heterocycles. The van der Waals surface area contributed by atoms with Crippen LogP contribution in [0.5, 0.6) is 0 Å². The van der Waals surface area contributed by atoms with Crippen molar-refractivity contribution in [3.05, 3.63) is 48.3 Å². The van der Waals surface area contributed by atoms with E-state index < -0.39 is 5.60 Å². The first-order chi connectivity index (χ1) is 10.3. The van der Waals surface area contributed by atoms with E-state index in [0.29, 0.717) is 5.69 Å². The minimum atomic E-state index is -0.676. The standard InChI is InChI=1S/C17H20N2O2/c1-21-17(11-6-3-7-12-17)16(20)15-10-13-18-19(15)14-8-4-2-5-9-14/h2,4-5,8-10,13H,3,6-7,11-12H2,1H3. The summed E-state index contributed by atoms with van der Waals surface area (Å²) < 4.78 is 7.37. The quantitative estimate of drug-likeness (QED) is 0.808. The van der Waals surface area contributed by atoms with Crippen LogP contribution in [0, 0.1) is 0 Å². The number of aromatic nitrogens is 2. The molecule has 0 unspecified atom stereocenters. The Morgan fingerprint density at radius 1 is 1.14 bits per heavy atom. The minimum absolute atomic E-state index is 0.0473. The molecule has 1 fully saturated rings. The van der Waals surface area contributed by atoms with Gasteiger partial charge in [-0.3, -0.25) is 4.79 Å². The molecule has 0 atom stereocenters. The van der Waals surface area contributed by atoms with E-state index in [2.05, 4.69) is 5.10 Å². The van der Waals surface area contributed by atoms with Crippen LogP contribution in [-0.2, 0) is 4.74 Å². The van der Waals surface area contributed by atoms with Crippen LogP contribution in [0.2, 0.25) is 0 Å². The van der Waals surface area contributed by atoms with Gasteiger partial charge < -0.3 is 4.74 Å². The van der Waals surface area contributed by atoms with Crippen LogP contribution in [0.3, 0.4) is 0 Å². The van der Waals surface area contributed by atoms with Crippen molar-refractivity contribution in [2.75, 3.05) is 7.11 Å². The van der Waals surface area contributed by atoms with Gasteiger partial charge in [-0.25, -0.2) is 4.68 Å². The van der Waals surface area contributed by atoms with E-state index in [0.717, 1.165) is 31.4 Å². The second kappa shape index (κ2) is 5.82. The van der Waals surface area contributed by atoms with Gasteiger partial charge in [0.2, 0.25) is 5.78 Å². The summed E-state index contributed by atoms with van der Waals surface area (Å²) in [5, 5.41) is 4.31. The fourth-order valence-corrected chi connectivity index (χ4v) is 3.13. The molecule has 4 nitrogen and oxygen atoms in total. The Morgan fingerprint density at radius 2 is 1.86 bits per heavy atom. The predicted molar refractivity (Wildman–Crippen MR) is 80.7 cm³/mol. The number of carbonyl (C=O) groups is 1. The van der Waals surface area contributed by atoms with Gasteiger partial charge in [-0.1, -0.05) is 37.5 Å². The molecule has 110 valence electrons. The van der Waals surface area contributed by atoms with Gasteiger partial charge >= 0.3 is 0 Å². The minimum Gasteiger partial charge on any atom is -0.370 e. The summed E-state index contributed by atoms with van der Waals surface area (Å²) in [7, 11) is 1.65. The zero-order chi connectivity index (χ0) is 14.7. The van der Waals surface area contributed by atoms with E-state index in [1.54, 1.807) is 24.1 Å². The van der Waals surface area contributed by atoms with Gasteiger partial charge in [-0.15, -0.1) is 0 Å². The van der Waals surface area contributed by atoms with E-state index in [1.165, 1.54) is 6.42 Å². The molecule has 0 saturated heterocycles. The summed E-state index contributed by atoms with van der Waals surface area (Å²) in [6, 6.07) is 11.5. The number of ketones is 1. The number of ether oxygens (including phenoxy) is 1. The van der Waals surface area contributed by atoms with Crippen molar-refractivity contribution in [3.63, 3.8) is 0 Å². The molecule has 0 spiro atoms. The maximum atomic E-state index is 13.0. The first-order valence-electron chi connectivity index (χ1n) is 7.46. The van der Waals surface area contributed by atoms with Crippen LogP contribution < -0.4 is 0 Å². The zero-order valence-corrected chi connectivity index (χ0v) is 12.3. The van der Waals surface area contributed by atoms with Crippen LogP contribution in [0.1, 0.15) is 42.6 Å². The van der Waals surface area contributed by atoms with Crippen molar-refractivity contribution >= 4 is 5.78 Å². The van der Waals surface area contributed by atoms with E-state index in [4.69, 9.17) is 4.74 Å². The number of rotatable bonds is 4. The highest BCUT2D eigenvalue weighted by atomic mass is 16.5. The molecule has 0 amide bonds. The predicted octanol–water partition coefficient (Wildman–Crippen LogP) is 3.40. The molecule has 21 heavy (non-hydrogen) atoms. The first kappa shape index (κ1) is 14.0. The van der Waals surface area contributed by atoms with E-state index in [-0.39, 0.29) is 5.78 Å². The highest BCUT2D eigenvalue weighted by molar-refractivity contribution is 6.01. The second-order valence-electron chi connectivity index (χ2n) is 5.55. The molecule has 1 aromatic carbocycles. The zero-order valence-electron chi connectivity index (χ0n) is 12.3. The summed E-state index contributed by atoms with van der Waals surface area (Å²) >= 11 is 0. The molecule has 4 heteroatoms.